The van der Waals surface area contributed by atoms with Gasteiger partial charge in [-0.3, -0.25) is 4.79 Å². The van der Waals surface area contributed by atoms with Crippen LogP contribution in [0.3, 0.4) is 0 Å². The monoisotopic (exact) mass is 306 g/mol. The molecule has 1 saturated carbocycles. The van der Waals surface area contributed by atoms with Crippen molar-refractivity contribution < 1.29 is 4.79 Å². The first-order valence-corrected chi connectivity index (χ1v) is 9.24. The molecule has 116 valence electrons. The number of hydrogen-bond donors (Lipinski definition) is 2. The summed E-state index contributed by atoms with van der Waals surface area (Å²) in [5.41, 5.74) is 0. The van der Waals surface area contributed by atoms with E-state index in [9.17, 15) is 4.79 Å². The summed E-state index contributed by atoms with van der Waals surface area (Å²) in [6, 6.07) is 4.52. The number of amides is 1. The molecule has 1 amide bonds. The quantitative estimate of drug-likeness (QED) is 0.874. The summed E-state index contributed by atoms with van der Waals surface area (Å²) in [6.07, 6.45) is 8.22. The molecule has 2 N–H and O–H groups in total. The number of hydrogen-bond acceptors (Lipinski definition) is 3. The van der Waals surface area contributed by atoms with E-state index in [1.54, 1.807) is 11.3 Å². The van der Waals surface area contributed by atoms with E-state index < -0.39 is 0 Å². The third kappa shape index (κ3) is 4.07. The molecule has 2 aliphatic rings. The second kappa shape index (κ2) is 7.41. The van der Waals surface area contributed by atoms with Gasteiger partial charge in [0.2, 0.25) is 5.91 Å². The molecule has 0 radical (unpaired) electrons. The van der Waals surface area contributed by atoms with Crippen molar-refractivity contribution in [3.05, 3.63) is 22.4 Å². The number of carbonyl (C=O) groups excluding carboxylic acids is 1. The molecule has 2 fully saturated rings. The number of thiophene rings is 1. The average molecular weight is 306 g/mol. The van der Waals surface area contributed by atoms with Crippen LogP contribution in [0.15, 0.2) is 17.5 Å². The van der Waals surface area contributed by atoms with E-state index in [2.05, 4.69) is 28.1 Å². The first kappa shape index (κ1) is 15.0. The Balaban J connectivity index is 1.59. The van der Waals surface area contributed by atoms with Crippen molar-refractivity contribution >= 4 is 17.2 Å². The average Bonchev–Trinajstić information content (AvgIpc) is 3.19. The van der Waals surface area contributed by atoms with Crippen LogP contribution in [0.2, 0.25) is 0 Å². The smallest absolute Gasteiger partial charge is 0.220 e. The molecule has 1 aliphatic heterocycles. The molecule has 1 aliphatic carbocycles. The Hall–Kier alpha value is -0.870. The molecule has 21 heavy (non-hydrogen) atoms. The summed E-state index contributed by atoms with van der Waals surface area (Å²) in [5.74, 6) is 1.40. The lowest BCUT2D eigenvalue weighted by atomic mass is 9.94. The van der Waals surface area contributed by atoms with Crippen molar-refractivity contribution in [2.24, 2.45) is 11.8 Å². The molecule has 1 aromatic heterocycles. The van der Waals surface area contributed by atoms with Gasteiger partial charge in [-0.25, -0.2) is 0 Å². The first-order valence-electron chi connectivity index (χ1n) is 8.36. The molecule has 1 aromatic rings. The van der Waals surface area contributed by atoms with Crippen LogP contribution in [0.25, 0.3) is 0 Å². The highest BCUT2D eigenvalue weighted by atomic mass is 32.1. The predicted molar refractivity (Wildman–Crippen MR) is 87.4 cm³/mol. The van der Waals surface area contributed by atoms with E-state index in [-0.39, 0.29) is 11.9 Å². The van der Waals surface area contributed by atoms with Gasteiger partial charge < -0.3 is 10.6 Å². The van der Waals surface area contributed by atoms with Crippen LogP contribution < -0.4 is 10.6 Å². The Bertz CT molecular complexity index is 434. The van der Waals surface area contributed by atoms with Crippen LogP contribution in [-0.4, -0.2) is 19.0 Å². The maximum Gasteiger partial charge on any atom is 0.220 e. The third-order valence-corrected chi connectivity index (χ3v) is 5.87. The molecule has 1 saturated heterocycles. The van der Waals surface area contributed by atoms with Crippen molar-refractivity contribution in [1.29, 1.82) is 0 Å². The van der Waals surface area contributed by atoms with E-state index in [1.165, 1.54) is 43.4 Å². The van der Waals surface area contributed by atoms with Gasteiger partial charge in [-0.2, -0.15) is 0 Å². The topological polar surface area (TPSA) is 41.1 Å². The highest BCUT2D eigenvalue weighted by Gasteiger charge is 2.29. The molecule has 2 unspecified atom stereocenters. The summed E-state index contributed by atoms with van der Waals surface area (Å²) in [6.45, 7) is 2.11. The van der Waals surface area contributed by atoms with Crippen LogP contribution in [0.4, 0.5) is 0 Å². The van der Waals surface area contributed by atoms with Crippen molar-refractivity contribution in [1.82, 2.24) is 10.6 Å². The van der Waals surface area contributed by atoms with Crippen LogP contribution in [-0.2, 0) is 4.79 Å². The van der Waals surface area contributed by atoms with Gasteiger partial charge in [-0.1, -0.05) is 18.9 Å². The zero-order chi connectivity index (χ0) is 14.5. The zero-order valence-corrected chi connectivity index (χ0v) is 13.5. The Kier molecular flexibility index (Phi) is 5.31. The van der Waals surface area contributed by atoms with Crippen molar-refractivity contribution in [3.63, 3.8) is 0 Å². The minimum atomic E-state index is 0.244. The van der Waals surface area contributed by atoms with Gasteiger partial charge in [0, 0.05) is 11.3 Å². The fourth-order valence-electron chi connectivity index (χ4n) is 3.77. The van der Waals surface area contributed by atoms with E-state index in [1.807, 2.05) is 0 Å². The largest absolute Gasteiger partial charge is 0.348 e. The van der Waals surface area contributed by atoms with Gasteiger partial charge in [-0.15, -0.1) is 11.3 Å². The first-order chi connectivity index (χ1) is 10.3. The number of piperidine rings is 1. The summed E-state index contributed by atoms with van der Waals surface area (Å²) in [5, 5.41) is 8.87. The molecule has 0 bridgehead atoms. The summed E-state index contributed by atoms with van der Waals surface area (Å²) in [7, 11) is 0. The summed E-state index contributed by atoms with van der Waals surface area (Å²) < 4.78 is 0. The highest BCUT2D eigenvalue weighted by Crippen LogP contribution is 2.37. The molecular formula is C17H26N2OS. The maximum atomic E-state index is 12.4. The number of rotatable bonds is 5. The SMILES string of the molecule is O=C(CC1CCCNC1)NC(c1cccs1)C1CCCC1. The normalized spacial score (nSPS) is 24.9. The lowest BCUT2D eigenvalue weighted by Crippen LogP contribution is -2.37. The fraction of sp³-hybridized carbons (Fsp3) is 0.706. The zero-order valence-electron chi connectivity index (χ0n) is 12.6. The Labute approximate surface area is 131 Å². The second-order valence-electron chi connectivity index (χ2n) is 6.52. The third-order valence-electron chi connectivity index (χ3n) is 4.91. The van der Waals surface area contributed by atoms with E-state index in [4.69, 9.17) is 0 Å². The van der Waals surface area contributed by atoms with Crippen LogP contribution >= 0.6 is 11.3 Å². The van der Waals surface area contributed by atoms with Crippen molar-refractivity contribution in [2.45, 2.75) is 51.0 Å². The second-order valence-corrected chi connectivity index (χ2v) is 7.50. The Morgan fingerprint density at radius 2 is 2.19 bits per heavy atom. The van der Waals surface area contributed by atoms with Crippen molar-refractivity contribution in [3.8, 4) is 0 Å². The van der Waals surface area contributed by atoms with Gasteiger partial charge >= 0.3 is 0 Å². The fourth-order valence-corrected chi connectivity index (χ4v) is 4.64. The minimum absolute atomic E-state index is 0.244. The van der Waals surface area contributed by atoms with Crippen LogP contribution in [0.1, 0.15) is 55.9 Å². The highest BCUT2D eigenvalue weighted by molar-refractivity contribution is 7.10. The molecule has 2 heterocycles. The summed E-state index contributed by atoms with van der Waals surface area (Å²) in [4.78, 5) is 13.8. The van der Waals surface area contributed by atoms with Gasteiger partial charge in [0.15, 0.2) is 0 Å². The van der Waals surface area contributed by atoms with Crippen LogP contribution in [0.5, 0.6) is 0 Å². The Morgan fingerprint density at radius 3 is 2.86 bits per heavy atom. The van der Waals surface area contributed by atoms with Gasteiger partial charge in [0.05, 0.1) is 6.04 Å². The number of carbonyl (C=O) groups is 1. The van der Waals surface area contributed by atoms with Gasteiger partial charge in [0.25, 0.3) is 0 Å². The molecular weight excluding hydrogens is 280 g/mol. The molecule has 2 atom stereocenters. The predicted octanol–water partition coefficient (Wildman–Crippen LogP) is 3.49. The van der Waals surface area contributed by atoms with Crippen molar-refractivity contribution in [2.75, 3.05) is 13.1 Å². The van der Waals surface area contributed by atoms with Gasteiger partial charge in [-0.05, 0) is 62.1 Å². The van der Waals surface area contributed by atoms with E-state index in [0.29, 0.717) is 18.3 Å². The number of nitrogens with one attached hydrogen (secondary N) is 2. The molecule has 3 nitrogen and oxygen atoms in total. The lowest BCUT2D eigenvalue weighted by Gasteiger charge is -2.26. The molecule has 3 rings (SSSR count). The molecule has 4 heteroatoms. The Morgan fingerprint density at radius 1 is 1.33 bits per heavy atom. The standard InChI is InChI=1S/C17H26N2OS/c20-16(11-13-5-3-9-18-12-13)19-17(14-6-1-2-7-14)15-8-4-10-21-15/h4,8,10,13-14,17-18H,1-3,5-7,9,11-12H2,(H,19,20). The lowest BCUT2D eigenvalue weighted by molar-refractivity contribution is -0.123. The molecule has 0 aromatic carbocycles. The maximum absolute atomic E-state index is 12.4. The minimum Gasteiger partial charge on any atom is -0.348 e. The molecule has 0 spiro atoms. The van der Waals surface area contributed by atoms with Gasteiger partial charge in [0.1, 0.15) is 0 Å². The van der Waals surface area contributed by atoms with E-state index in [0.717, 1.165) is 13.1 Å². The van der Waals surface area contributed by atoms with Crippen LogP contribution in [0, 0.1) is 11.8 Å². The summed E-state index contributed by atoms with van der Waals surface area (Å²) >= 11 is 1.78. The van der Waals surface area contributed by atoms with E-state index >= 15 is 0 Å².